The van der Waals surface area contributed by atoms with E-state index in [1.54, 1.807) is 6.07 Å². The van der Waals surface area contributed by atoms with Crippen LogP contribution in [0.2, 0.25) is 10.0 Å². The molecule has 1 heterocycles. The van der Waals surface area contributed by atoms with E-state index in [1.807, 2.05) is 12.1 Å². The average Bonchev–Trinajstić information content (AvgIpc) is 2.72. The third-order valence-electron chi connectivity index (χ3n) is 3.46. The predicted octanol–water partition coefficient (Wildman–Crippen LogP) is 3.68. The second-order valence-electron chi connectivity index (χ2n) is 5.10. The zero-order valence-corrected chi connectivity index (χ0v) is 12.1. The third kappa shape index (κ3) is 4.68. The number of likely N-dealkylation sites (tertiary alicyclic amines) is 1. The van der Waals surface area contributed by atoms with E-state index in [0.29, 0.717) is 16.0 Å². The molecule has 104 valence electrons. The Morgan fingerprint density at radius 3 is 2.63 bits per heavy atom. The van der Waals surface area contributed by atoms with Gasteiger partial charge in [0.05, 0.1) is 0 Å². The lowest BCUT2D eigenvalue weighted by atomic mass is 10.0. The van der Waals surface area contributed by atoms with Crippen molar-refractivity contribution in [1.82, 2.24) is 4.90 Å². The second kappa shape index (κ2) is 6.60. The summed E-state index contributed by atoms with van der Waals surface area (Å²) < 4.78 is 0. The fourth-order valence-corrected chi connectivity index (χ4v) is 3.15. The Morgan fingerprint density at radius 2 is 2.00 bits per heavy atom. The van der Waals surface area contributed by atoms with E-state index in [1.165, 1.54) is 0 Å². The lowest BCUT2D eigenvalue weighted by Gasteiger charge is -2.16. The van der Waals surface area contributed by atoms with Crippen LogP contribution in [-0.4, -0.2) is 29.1 Å². The van der Waals surface area contributed by atoms with E-state index in [9.17, 15) is 4.79 Å². The molecule has 5 heteroatoms. The van der Waals surface area contributed by atoms with Gasteiger partial charge in [-0.3, -0.25) is 9.69 Å². The molecule has 1 unspecified atom stereocenters. The molecule has 0 amide bonds. The average molecular weight is 302 g/mol. The Hall–Kier alpha value is -0.770. The van der Waals surface area contributed by atoms with Crippen molar-refractivity contribution in [3.63, 3.8) is 0 Å². The van der Waals surface area contributed by atoms with Crippen molar-refractivity contribution in [3.05, 3.63) is 33.8 Å². The van der Waals surface area contributed by atoms with Crippen LogP contribution in [0.25, 0.3) is 0 Å². The molecule has 0 aliphatic carbocycles. The Labute approximate surface area is 123 Å². The Kier molecular flexibility index (Phi) is 5.08. The molecule has 1 atom stereocenters. The highest BCUT2D eigenvalue weighted by molar-refractivity contribution is 6.34. The van der Waals surface area contributed by atoms with Gasteiger partial charge >= 0.3 is 5.97 Å². The van der Waals surface area contributed by atoms with Crippen LogP contribution in [-0.2, 0) is 11.3 Å². The smallest absolute Gasteiger partial charge is 0.303 e. The van der Waals surface area contributed by atoms with Crippen LogP contribution in [0, 0.1) is 5.92 Å². The summed E-state index contributed by atoms with van der Waals surface area (Å²) >= 11 is 12.0. The number of benzene rings is 1. The maximum atomic E-state index is 10.6. The van der Waals surface area contributed by atoms with Gasteiger partial charge in [-0.05, 0) is 49.1 Å². The molecule has 0 radical (unpaired) electrons. The molecule has 2 rings (SSSR count). The Bertz CT molecular complexity index is 445. The minimum absolute atomic E-state index is 0.265. The number of hydrogen-bond acceptors (Lipinski definition) is 2. The lowest BCUT2D eigenvalue weighted by Crippen LogP contribution is -2.20. The molecule has 1 aliphatic rings. The summed E-state index contributed by atoms with van der Waals surface area (Å²) in [5.41, 5.74) is 1.11. The van der Waals surface area contributed by atoms with Crippen LogP contribution >= 0.6 is 23.2 Å². The Morgan fingerprint density at radius 1 is 1.32 bits per heavy atom. The number of carbonyl (C=O) groups is 1. The Balaban J connectivity index is 1.86. The summed E-state index contributed by atoms with van der Waals surface area (Å²) in [6.45, 7) is 2.79. The van der Waals surface area contributed by atoms with E-state index < -0.39 is 5.97 Å². The fourth-order valence-electron chi connectivity index (χ4n) is 2.58. The molecule has 1 N–H and O–H groups in total. The minimum atomic E-state index is -0.708. The van der Waals surface area contributed by atoms with Gasteiger partial charge in [-0.1, -0.05) is 23.2 Å². The van der Waals surface area contributed by atoms with Crippen LogP contribution in [0.5, 0.6) is 0 Å². The van der Waals surface area contributed by atoms with Gasteiger partial charge in [-0.2, -0.15) is 0 Å². The first-order valence-corrected chi connectivity index (χ1v) is 7.17. The molecule has 0 saturated carbocycles. The largest absolute Gasteiger partial charge is 0.481 e. The summed E-state index contributed by atoms with van der Waals surface area (Å²) in [7, 11) is 0. The van der Waals surface area contributed by atoms with Gasteiger partial charge in [0.15, 0.2) is 0 Å². The quantitative estimate of drug-likeness (QED) is 0.902. The topological polar surface area (TPSA) is 40.5 Å². The zero-order chi connectivity index (χ0) is 13.8. The molecule has 3 nitrogen and oxygen atoms in total. The van der Waals surface area contributed by atoms with E-state index in [4.69, 9.17) is 28.3 Å². The van der Waals surface area contributed by atoms with Gasteiger partial charge in [-0.15, -0.1) is 0 Å². The van der Waals surface area contributed by atoms with E-state index in [2.05, 4.69) is 4.90 Å². The van der Waals surface area contributed by atoms with Crippen molar-refractivity contribution in [3.8, 4) is 0 Å². The van der Waals surface area contributed by atoms with Gasteiger partial charge in [0.2, 0.25) is 0 Å². The number of carboxylic acids is 1. The van der Waals surface area contributed by atoms with Crippen LogP contribution in [0.4, 0.5) is 0 Å². The number of halogens is 2. The first-order valence-electron chi connectivity index (χ1n) is 6.42. The van der Waals surface area contributed by atoms with E-state index >= 15 is 0 Å². The number of nitrogens with zero attached hydrogens (tertiary/aromatic N) is 1. The van der Waals surface area contributed by atoms with Crippen LogP contribution in [0.3, 0.4) is 0 Å². The molecule has 1 saturated heterocycles. The number of carboxylic acid groups (broad SMARTS) is 1. The van der Waals surface area contributed by atoms with Gasteiger partial charge in [0.1, 0.15) is 0 Å². The molecule has 1 aliphatic heterocycles. The normalized spacial score (nSPS) is 19.8. The highest BCUT2D eigenvalue weighted by Gasteiger charge is 2.22. The molecule has 0 aromatic heterocycles. The van der Waals surface area contributed by atoms with Gasteiger partial charge < -0.3 is 5.11 Å². The van der Waals surface area contributed by atoms with Crippen molar-refractivity contribution in [1.29, 1.82) is 0 Å². The lowest BCUT2D eigenvalue weighted by molar-refractivity contribution is -0.137. The number of aliphatic carboxylic acids is 1. The van der Waals surface area contributed by atoms with Crippen molar-refractivity contribution in [2.24, 2.45) is 5.92 Å². The van der Waals surface area contributed by atoms with Gasteiger partial charge in [0.25, 0.3) is 0 Å². The first kappa shape index (κ1) is 14.6. The molecule has 19 heavy (non-hydrogen) atoms. The van der Waals surface area contributed by atoms with Crippen LogP contribution in [0.1, 0.15) is 24.8 Å². The zero-order valence-electron chi connectivity index (χ0n) is 10.6. The molecular weight excluding hydrogens is 285 g/mol. The molecule has 1 aromatic rings. The highest BCUT2D eigenvalue weighted by atomic mass is 35.5. The van der Waals surface area contributed by atoms with Gasteiger partial charge in [-0.25, -0.2) is 0 Å². The van der Waals surface area contributed by atoms with Gasteiger partial charge in [0, 0.05) is 29.6 Å². The van der Waals surface area contributed by atoms with E-state index in [-0.39, 0.29) is 6.42 Å². The summed E-state index contributed by atoms with van der Waals surface area (Å²) in [6.07, 6.45) is 2.10. The second-order valence-corrected chi connectivity index (χ2v) is 5.97. The van der Waals surface area contributed by atoms with Crippen molar-refractivity contribution >= 4 is 29.2 Å². The maximum Gasteiger partial charge on any atom is 0.303 e. The predicted molar refractivity (Wildman–Crippen MR) is 76.7 cm³/mol. The first-order chi connectivity index (χ1) is 9.02. The van der Waals surface area contributed by atoms with Crippen LogP contribution < -0.4 is 0 Å². The molecule has 0 spiro atoms. The number of hydrogen-bond donors (Lipinski definition) is 1. The fraction of sp³-hybridized carbons (Fsp3) is 0.500. The van der Waals surface area contributed by atoms with Crippen molar-refractivity contribution < 1.29 is 9.90 Å². The monoisotopic (exact) mass is 301 g/mol. The highest BCUT2D eigenvalue weighted by Crippen LogP contribution is 2.25. The maximum absolute atomic E-state index is 10.6. The van der Waals surface area contributed by atoms with Crippen molar-refractivity contribution in [2.75, 3.05) is 13.1 Å². The van der Waals surface area contributed by atoms with Crippen LogP contribution in [0.15, 0.2) is 18.2 Å². The summed E-state index contributed by atoms with van der Waals surface area (Å²) in [5, 5.41) is 10.0. The molecule has 1 aromatic carbocycles. The van der Waals surface area contributed by atoms with Crippen molar-refractivity contribution in [2.45, 2.75) is 25.8 Å². The minimum Gasteiger partial charge on any atom is -0.481 e. The summed E-state index contributed by atoms with van der Waals surface area (Å²) in [6, 6.07) is 5.59. The third-order valence-corrected chi connectivity index (χ3v) is 3.90. The van der Waals surface area contributed by atoms with E-state index in [0.717, 1.165) is 38.0 Å². The number of rotatable bonds is 5. The molecule has 0 bridgehead atoms. The summed E-state index contributed by atoms with van der Waals surface area (Å²) in [5.74, 6) is -0.217. The SMILES string of the molecule is O=C(O)CCC1CCN(Cc2cc(Cl)cc(Cl)c2)C1. The molecule has 1 fully saturated rings. The standard InChI is InChI=1S/C14H17Cl2NO2/c15-12-5-11(6-13(16)7-12)9-17-4-3-10(8-17)1-2-14(18)19/h5-7,10H,1-4,8-9H2,(H,18,19). The summed E-state index contributed by atoms with van der Waals surface area (Å²) in [4.78, 5) is 12.9. The molecular formula is C14H17Cl2NO2.